The van der Waals surface area contributed by atoms with Gasteiger partial charge in [-0.25, -0.2) is 0 Å². The molecule has 0 unspecified atom stereocenters. The lowest BCUT2D eigenvalue weighted by Crippen LogP contribution is -2.04. The molecule has 1 fully saturated rings. The molecule has 0 aromatic rings. The van der Waals surface area contributed by atoms with E-state index in [2.05, 4.69) is 27.7 Å². The van der Waals surface area contributed by atoms with Crippen LogP contribution in [0.25, 0.3) is 0 Å². The van der Waals surface area contributed by atoms with E-state index in [1.54, 1.807) is 0 Å². The van der Waals surface area contributed by atoms with Crippen molar-refractivity contribution < 1.29 is 0 Å². The Morgan fingerprint density at radius 1 is 1.18 bits per heavy atom. The highest BCUT2D eigenvalue weighted by molar-refractivity contribution is 4.62. The topological polar surface area (TPSA) is 0 Å². The van der Waals surface area contributed by atoms with Gasteiger partial charge in [-0.3, -0.25) is 0 Å². The average molecular weight is 156 g/mol. The molecular formula is C11H24. The lowest BCUT2D eigenvalue weighted by molar-refractivity contribution is 0.346. The van der Waals surface area contributed by atoms with Gasteiger partial charge in [0, 0.05) is 0 Å². The fraction of sp³-hybridized carbons (Fsp3) is 1.00. The molecule has 1 saturated carbocycles. The van der Waals surface area contributed by atoms with Gasteiger partial charge < -0.3 is 0 Å². The molecule has 1 rings (SSSR count). The van der Waals surface area contributed by atoms with Crippen LogP contribution in [0.5, 0.6) is 0 Å². The van der Waals surface area contributed by atoms with Crippen LogP contribution >= 0.6 is 0 Å². The predicted octanol–water partition coefficient (Wildman–Crippen LogP) is 4.25. The van der Waals surface area contributed by atoms with Crippen LogP contribution < -0.4 is 0 Å². The van der Waals surface area contributed by atoms with Crippen molar-refractivity contribution in [3.8, 4) is 0 Å². The molecule has 0 bridgehead atoms. The molecule has 0 atom stereocenters. The Morgan fingerprint density at radius 3 is 1.55 bits per heavy atom. The summed E-state index contributed by atoms with van der Waals surface area (Å²) in [6.07, 6.45) is 7.12. The first-order valence-electron chi connectivity index (χ1n) is 5.20. The SMILES string of the molecule is CC1CCC1.CCC(C)CC. The molecule has 68 valence electrons. The van der Waals surface area contributed by atoms with E-state index in [0.717, 1.165) is 11.8 Å². The largest absolute Gasteiger partial charge is 0.0651 e. The molecule has 0 saturated heterocycles. The minimum Gasteiger partial charge on any atom is -0.0651 e. The number of hydrogen-bond acceptors (Lipinski definition) is 0. The normalized spacial score (nSPS) is 17.2. The Balaban J connectivity index is 0.000000183. The van der Waals surface area contributed by atoms with Crippen molar-refractivity contribution in [1.29, 1.82) is 0 Å². The van der Waals surface area contributed by atoms with E-state index in [0.29, 0.717) is 0 Å². The maximum atomic E-state index is 2.31. The summed E-state index contributed by atoms with van der Waals surface area (Å²) in [4.78, 5) is 0. The molecule has 0 aliphatic heterocycles. The van der Waals surface area contributed by atoms with E-state index in [1.807, 2.05) is 0 Å². The van der Waals surface area contributed by atoms with Gasteiger partial charge in [-0.05, 0) is 11.8 Å². The van der Waals surface area contributed by atoms with E-state index in [9.17, 15) is 0 Å². The smallest absolute Gasteiger partial charge is 0.0443 e. The molecule has 1 aliphatic rings. The molecule has 0 heteroatoms. The van der Waals surface area contributed by atoms with Gasteiger partial charge in [0.2, 0.25) is 0 Å². The monoisotopic (exact) mass is 156 g/mol. The predicted molar refractivity (Wildman–Crippen MR) is 52.8 cm³/mol. The highest BCUT2D eigenvalue weighted by Crippen LogP contribution is 2.24. The van der Waals surface area contributed by atoms with Crippen molar-refractivity contribution in [3.05, 3.63) is 0 Å². The highest BCUT2D eigenvalue weighted by atomic mass is 14.1. The minimum atomic E-state index is 0.935. The highest BCUT2D eigenvalue weighted by Gasteiger charge is 2.09. The molecule has 0 N–H and O–H groups in total. The maximum Gasteiger partial charge on any atom is -0.0443 e. The van der Waals surface area contributed by atoms with Gasteiger partial charge in [0.1, 0.15) is 0 Å². The maximum absolute atomic E-state index is 2.31. The van der Waals surface area contributed by atoms with Crippen molar-refractivity contribution in [2.75, 3.05) is 0 Å². The second-order valence-electron chi connectivity index (χ2n) is 3.96. The molecule has 0 radical (unpaired) electrons. The number of hydrogen-bond donors (Lipinski definition) is 0. The zero-order valence-electron chi connectivity index (χ0n) is 8.69. The van der Waals surface area contributed by atoms with E-state index >= 15 is 0 Å². The zero-order chi connectivity index (χ0) is 8.69. The second-order valence-corrected chi connectivity index (χ2v) is 3.96. The van der Waals surface area contributed by atoms with Crippen LogP contribution in [-0.4, -0.2) is 0 Å². The first kappa shape index (κ1) is 11.0. The summed E-state index contributed by atoms with van der Waals surface area (Å²) in [5.41, 5.74) is 0. The van der Waals surface area contributed by atoms with Crippen LogP contribution in [0.3, 0.4) is 0 Å². The van der Waals surface area contributed by atoms with Gasteiger partial charge in [-0.15, -0.1) is 0 Å². The summed E-state index contributed by atoms with van der Waals surface area (Å²) in [6, 6.07) is 0. The Morgan fingerprint density at radius 2 is 1.55 bits per heavy atom. The molecule has 0 spiro atoms. The summed E-state index contributed by atoms with van der Waals surface area (Å²) >= 11 is 0. The van der Waals surface area contributed by atoms with Crippen LogP contribution in [0.1, 0.15) is 59.8 Å². The van der Waals surface area contributed by atoms with Gasteiger partial charge in [0.05, 0.1) is 0 Å². The van der Waals surface area contributed by atoms with Crippen molar-refractivity contribution in [2.45, 2.75) is 59.8 Å². The van der Waals surface area contributed by atoms with Crippen molar-refractivity contribution in [2.24, 2.45) is 11.8 Å². The second kappa shape index (κ2) is 6.69. The minimum absolute atomic E-state index is 0.935. The molecule has 0 heterocycles. The van der Waals surface area contributed by atoms with E-state index in [1.165, 1.54) is 32.1 Å². The Kier molecular flexibility index (Phi) is 6.69. The molecular weight excluding hydrogens is 132 g/mol. The summed E-state index contributed by atoms with van der Waals surface area (Å²) in [5.74, 6) is 2.00. The molecule has 1 aliphatic carbocycles. The number of rotatable bonds is 2. The Hall–Kier alpha value is 0. The lowest BCUT2D eigenvalue weighted by atomic mass is 9.88. The van der Waals surface area contributed by atoms with Gasteiger partial charge in [0.15, 0.2) is 0 Å². The zero-order valence-corrected chi connectivity index (χ0v) is 8.69. The van der Waals surface area contributed by atoms with Crippen LogP contribution in [0.2, 0.25) is 0 Å². The fourth-order valence-electron chi connectivity index (χ4n) is 0.901. The molecule has 11 heavy (non-hydrogen) atoms. The summed E-state index contributed by atoms with van der Waals surface area (Å²) in [7, 11) is 0. The van der Waals surface area contributed by atoms with E-state index in [-0.39, 0.29) is 0 Å². The van der Waals surface area contributed by atoms with Crippen LogP contribution in [0, 0.1) is 11.8 Å². The Labute approximate surface area is 72.4 Å². The molecule has 0 amide bonds. The summed E-state index contributed by atoms with van der Waals surface area (Å²) in [5, 5.41) is 0. The first-order valence-corrected chi connectivity index (χ1v) is 5.20. The molecule has 0 aromatic heterocycles. The standard InChI is InChI=1S/C6H14.C5H10/c1-4-6(3)5-2;1-5-3-2-4-5/h6H,4-5H2,1-3H3;5H,2-4H2,1H3. The lowest BCUT2D eigenvalue weighted by Gasteiger charge is -2.18. The van der Waals surface area contributed by atoms with Gasteiger partial charge in [0.25, 0.3) is 0 Å². The van der Waals surface area contributed by atoms with E-state index in [4.69, 9.17) is 0 Å². The van der Waals surface area contributed by atoms with Crippen LogP contribution in [0.4, 0.5) is 0 Å². The van der Waals surface area contributed by atoms with Crippen molar-refractivity contribution in [3.63, 3.8) is 0 Å². The Bertz CT molecular complexity index is 68.1. The van der Waals surface area contributed by atoms with Gasteiger partial charge >= 0.3 is 0 Å². The quantitative estimate of drug-likeness (QED) is 0.560. The van der Waals surface area contributed by atoms with E-state index < -0.39 is 0 Å². The average Bonchev–Trinajstić information content (AvgIpc) is 2.00. The summed E-state index contributed by atoms with van der Waals surface area (Å²) < 4.78 is 0. The van der Waals surface area contributed by atoms with Gasteiger partial charge in [-0.1, -0.05) is 59.8 Å². The van der Waals surface area contributed by atoms with Gasteiger partial charge in [-0.2, -0.15) is 0 Å². The van der Waals surface area contributed by atoms with Crippen LogP contribution in [0.15, 0.2) is 0 Å². The van der Waals surface area contributed by atoms with Crippen molar-refractivity contribution in [1.82, 2.24) is 0 Å². The van der Waals surface area contributed by atoms with Crippen LogP contribution in [-0.2, 0) is 0 Å². The van der Waals surface area contributed by atoms with Crippen molar-refractivity contribution >= 4 is 0 Å². The summed E-state index contributed by atoms with van der Waals surface area (Å²) in [6.45, 7) is 9.05. The third-order valence-electron chi connectivity index (χ3n) is 2.79. The molecule has 0 aromatic carbocycles. The third-order valence-corrected chi connectivity index (χ3v) is 2.79. The third kappa shape index (κ3) is 6.40. The fourth-order valence-corrected chi connectivity index (χ4v) is 0.901. The molecule has 0 nitrogen and oxygen atoms in total. The first-order chi connectivity index (χ1) is 5.20.